The van der Waals surface area contributed by atoms with E-state index in [1.165, 1.54) is 0 Å². The van der Waals surface area contributed by atoms with Crippen molar-refractivity contribution >= 4 is 5.97 Å². The van der Waals surface area contributed by atoms with Crippen molar-refractivity contribution in [2.24, 2.45) is 5.92 Å². The summed E-state index contributed by atoms with van der Waals surface area (Å²) < 4.78 is 21.8. The Bertz CT molecular complexity index is 723. The van der Waals surface area contributed by atoms with Crippen LogP contribution in [-0.2, 0) is 22.6 Å². The summed E-state index contributed by atoms with van der Waals surface area (Å²) in [5, 5.41) is 0. The fraction of sp³-hybridized carbons (Fsp3) is 0.350. The van der Waals surface area contributed by atoms with Crippen molar-refractivity contribution < 1.29 is 23.7 Å². The SMILES string of the molecule is CCOc1ccc2c(c1)CC(C(=O)OCc1ccc(OC)cc1)CO2. The molecule has 1 aliphatic rings. The van der Waals surface area contributed by atoms with E-state index in [1.807, 2.05) is 49.4 Å². The van der Waals surface area contributed by atoms with Gasteiger partial charge in [0.1, 0.15) is 30.5 Å². The van der Waals surface area contributed by atoms with Gasteiger partial charge in [-0.15, -0.1) is 0 Å². The summed E-state index contributed by atoms with van der Waals surface area (Å²) in [5.41, 5.74) is 1.90. The number of hydrogen-bond donors (Lipinski definition) is 0. The van der Waals surface area contributed by atoms with Crippen molar-refractivity contribution in [3.8, 4) is 17.2 Å². The lowest BCUT2D eigenvalue weighted by Gasteiger charge is -2.24. The minimum Gasteiger partial charge on any atom is -0.497 e. The van der Waals surface area contributed by atoms with Gasteiger partial charge in [-0.2, -0.15) is 0 Å². The number of ether oxygens (including phenoxy) is 4. The van der Waals surface area contributed by atoms with Gasteiger partial charge in [-0.05, 0) is 54.8 Å². The fourth-order valence-electron chi connectivity index (χ4n) is 2.77. The Morgan fingerprint density at radius 1 is 1.16 bits per heavy atom. The number of benzene rings is 2. The zero-order chi connectivity index (χ0) is 17.6. The van der Waals surface area contributed by atoms with Crippen LogP contribution in [0.1, 0.15) is 18.1 Å². The lowest BCUT2D eigenvalue weighted by atomic mass is 9.96. The van der Waals surface area contributed by atoms with E-state index in [0.717, 1.165) is 28.4 Å². The average Bonchev–Trinajstić information content (AvgIpc) is 2.66. The molecule has 0 N–H and O–H groups in total. The normalized spacial score (nSPS) is 15.7. The van der Waals surface area contributed by atoms with Crippen molar-refractivity contribution in [3.05, 3.63) is 53.6 Å². The number of fused-ring (bicyclic) bond motifs is 1. The Hall–Kier alpha value is -2.69. The minimum absolute atomic E-state index is 0.241. The summed E-state index contributed by atoms with van der Waals surface area (Å²) in [6, 6.07) is 13.2. The highest BCUT2D eigenvalue weighted by Gasteiger charge is 2.27. The van der Waals surface area contributed by atoms with Gasteiger partial charge >= 0.3 is 5.97 Å². The average molecular weight is 342 g/mol. The second kappa shape index (κ2) is 7.92. The molecule has 0 aromatic heterocycles. The third-order valence-corrected chi connectivity index (χ3v) is 4.12. The van der Waals surface area contributed by atoms with Crippen molar-refractivity contribution in [1.29, 1.82) is 0 Å². The van der Waals surface area contributed by atoms with Crippen LogP contribution >= 0.6 is 0 Å². The number of hydrogen-bond acceptors (Lipinski definition) is 5. The van der Waals surface area contributed by atoms with Gasteiger partial charge in [-0.1, -0.05) is 12.1 Å². The highest BCUT2D eigenvalue weighted by atomic mass is 16.5. The molecule has 0 fully saturated rings. The first-order chi connectivity index (χ1) is 12.2. The summed E-state index contributed by atoms with van der Waals surface area (Å²) in [4.78, 5) is 12.4. The van der Waals surface area contributed by atoms with Crippen molar-refractivity contribution in [3.63, 3.8) is 0 Å². The Balaban J connectivity index is 1.58. The number of rotatable bonds is 6. The number of methoxy groups -OCH3 is 1. The van der Waals surface area contributed by atoms with E-state index in [-0.39, 0.29) is 18.5 Å². The molecule has 0 saturated carbocycles. The quantitative estimate of drug-likeness (QED) is 0.753. The molecule has 5 nitrogen and oxygen atoms in total. The molecule has 5 heteroatoms. The Morgan fingerprint density at radius 2 is 1.92 bits per heavy atom. The third kappa shape index (κ3) is 4.24. The zero-order valence-corrected chi connectivity index (χ0v) is 14.5. The van der Waals surface area contributed by atoms with Crippen LogP contribution in [0, 0.1) is 5.92 Å². The highest BCUT2D eigenvalue weighted by molar-refractivity contribution is 5.73. The molecule has 0 spiro atoms. The van der Waals surface area contributed by atoms with Gasteiger partial charge in [0, 0.05) is 0 Å². The van der Waals surface area contributed by atoms with E-state index in [2.05, 4.69) is 0 Å². The maximum Gasteiger partial charge on any atom is 0.313 e. The Morgan fingerprint density at radius 3 is 2.64 bits per heavy atom. The lowest BCUT2D eigenvalue weighted by Crippen LogP contribution is -2.29. The second-order valence-corrected chi connectivity index (χ2v) is 5.87. The fourth-order valence-corrected chi connectivity index (χ4v) is 2.77. The molecule has 2 aromatic carbocycles. The standard InChI is InChI=1S/C20H22O5/c1-3-23-18-8-9-19-15(11-18)10-16(13-24-19)20(21)25-12-14-4-6-17(22-2)7-5-14/h4-9,11,16H,3,10,12-13H2,1-2H3. The van der Waals surface area contributed by atoms with Crippen LogP contribution in [0.15, 0.2) is 42.5 Å². The lowest BCUT2D eigenvalue weighted by molar-refractivity contribution is -0.151. The summed E-state index contributed by atoms with van der Waals surface area (Å²) in [5.74, 6) is 1.82. The molecular weight excluding hydrogens is 320 g/mol. The molecule has 1 atom stereocenters. The predicted molar refractivity (Wildman–Crippen MR) is 93.1 cm³/mol. The van der Waals surface area contributed by atoms with Crippen LogP contribution in [0.4, 0.5) is 0 Å². The minimum atomic E-state index is -0.303. The predicted octanol–water partition coefficient (Wildman–Crippen LogP) is 3.39. The van der Waals surface area contributed by atoms with Crippen LogP contribution in [0.25, 0.3) is 0 Å². The van der Waals surface area contributed by atoms with Crippen LogP contribution in [0.5, 0.6) is 17.2 Å². The topological polar surface area (TPSA) is 54.0 Å². The van der Waals surface area contributed by atoms with Gasteiger partial charge in [0.05, 0.1) is 19.6 Å². The maximum absolute atomic E-state index is 12.4. The largest absolute Gasteiger partial charge is 0.497 e. The molecule has 132 valence electrons. The highest BCUT2D eigenvalue weighted by Crippen LogP contribution is 2.31. The van der Waals surface area contributed by atoms with Crippen LogP contribution in [0.2, 0.25) is 0 Å². The molecule has 25 heavy (non-hydrogen) atoms. The van der Waals surface area contributed by atoms with Crippen molar-refractivity contribution in [2.45, 2.75) is 20.0 Å². The van der Waals surface area contributed by atoms with E-state index >= 15 is 0 Å². The first-order valence-electron chi connectivity index (χ1n) is 8.37. The first-order valence-corrected chi connectivity index (χ1v) is 8.37. The van der Waals surface area contributed by atoms with Crippen LogP contribution < -0.4 is 14.2 Å². The van der Waals surface area contributed by atoms with E-state index in [1.54, 1.807) is 7.11 Å². The van der Waals surface area contributed by atoms with Gasteiger partial charge in [0.2, 0.25) is 0 Å². The van der Waals surface area contributed by atoms with Crippen molar-refractivity contribution in [1.82, 2.24) is 0 Å². The first kappa shape index (κ1) is 17.1. The van der Waals surface area contributed by atoms with Crippen LogP contribution in [-0.4, -0.2) is 26.3 Å². The molecule has 0 saturated heterocycles. The van der Waals surface area contributed by atoms with Gasteiger partial charge in [0.25, 0.3) is 0 Å². The molecule has 1 aliphatic heterocycles. The summed E-state index contributed by atoms with van der Waals surface area (Å²) >= 11 is 0. The van der Waals surface area contributed by atoms with Crippen molar-refractivity contribution in [2.75, 3.05) is 20.3 Å². The number of carbonyl (C=O) groups is 1. The smallest absolute Gasteiger partial charge is 0.313 e. The van der Waals surface area contributed by atoms with E-state index in [4.69, 9.17) is 18.9 Å². The zero-order valence-electron chi connectivity index (χ0n) is 14.5. The van der Waals surface area contributed by atoms with Crippen LogP contribution in [0.3, 0.4) is 0 Å². The van der Waals surface area contributed by atoms with E-state index < -0.39 is 0 Å². The van der Waals surface area contributed by atoms with Gasteiger partial charge < -0.3 is 18.9 Å². The molecular formula is C20H22O5. The van der Waals surface area contributed by atoms with E-state index in [9.17, 15) is 4.79 Å². The second-order valence-electron chi connectivity index (χ2n) is 5.87. The number of carbonyl (C=O) groups excluding carboxylic acids is 1. The molecule has 1 unspecified atom stereocenters. The monoisotopic (exact) mass is 342 g/mol. The van der Waals surface area contributed by atoms with Gasteiger partial charge in [-0.25, -0.2) is 0 Å². The molecule has 0 aliphatic carbocycles. The third-order valence-electron chi connectivity index (χ3n) is 4.12. The van der Waals surface area contributed by atoms with Gasteiger partial charge in [0.15, 0.2) is 0 Å². The molecule has 1 heterocycles. The Kier molecular flexibility index (Phi) is 5.43. The summed E-state index contributed by atoms with van der Waals surface area (Å²) in [6.07, 6.45) is 0.595. The number of esters is 1. The molecule has 0 radical (unpaired) electrons. The molecule has 2 aromatic rings. The molecule has 3 rings (SSSR count). The maximum atomic E-state index is 12.4. The Labute approximate surface area is 147 Å². The van der Waals surface area contributed by atoms with Gasteiger partial charge in [-0.3, -0.25) is 4.79 Å². The molecule has 0 bridgehead atoms. The summed E-state index contributed by atoms with van der Waals surface area (Å²) in [6.45, 7) is 3.12. The molecule has 0 amide bonds. The summed E-state index contributed by atoms with van der Waals surface area (Å²) in [7, 11) is 1.62. The van der Waals surface area contributed by atoms with E-state index in [0.29, 0.717) is 19.6 Å².